The van der Waals surface area contributed by atoms with E-state index in [0.717, 1.165) is 15.7 Å². The van der Waals surface area contributed by atoms with Crippen molar-refractivity contribution >= 4 is 33.1 Å². The number of hydrogen-bond donors (Lipinski definition) is 1. The molecule has 0 aliphatic carbocycles. The van der Waals surface area contributed by atoms with Crippen LogP contribution in [0.4, 0.5) is 11.5 Å². The molecule has 0 spiro atoms. The molecule has 7 heteroatoms. The van der Waals surface area contributed by atoms with Gasteiger partial charge in [-0.25, -0.2) is 4.98 Å². The zero-order chi connectivity index (χ0) is 14.3. The molecule has 3 aromatic rings. The standard InChI is InChI=1S/C13H9BrN4O2/c14-9-3-6-11-16-12(13(15)17(11)7-9)8-1-4-10(5-2-8)18(19)20/h1-7H,15H2. The molecule has 0 aliphatic heterocycles. The highest BCUT2D eigenvalue weighted by Gasteiger charge is 2.13. The van der Waals surface area contributed by atoms with Gasteiger partial charge in [0, 0.05) is 28.4 Å². The van der Waals surface area contributed by atoms with E-state index in [1.165, 1.54) is 12.1 Å². The SMILES string of the molecule is Nc1c(-c2ccc([N+](=O)[O-])cc2)nc2ccc(Br)cn12. The van der Waals surface area contributed by atoms with Crippen molar-refractivity contribution in [3.05, 3.63) is 57.2 Å². The molecule has 0 bridgehead atoms. The molecular weight excluding hydrogens is 324 g/mol. The molecule has 0 saturated carbocycles. The van der Waals surface area contributed by atoms with Gasteiger partial charge in [-0.05, 0) is 40.2 Å². The number of imidazole rings is 1. The Morgan fingerprint density at radius 3 is 2.55 bits per heavy atom. The van der Waals surface area contributed by atoms with Crippen LogP contribution in [0.2, 0.25) is 0 Å². The van der Waals surface area contributed by atoms with Crippen molar-refractivity contribution in [2.75, 3.05) is 5.73 Å². The van der Waals surface area contributed by atoms with Gasteiger partial charge in [-0.2, -0.15) is 0 Å². The molecule has 3 rings (SSSR count). The largest absolute Gasteiger partial charge is 0.383 e. The Labute approximate surface area is 122 Å². The smallest absolute Gasteiger partial charge is 0.269 e. The summed E-state index contributed by atoms with van der Waals surface area (Å²) in [5.74, 6) is 0.496. The number of rotatable bonds is 2. The second kappa shape index (κ2) is 4.61. The first-order valence-electron chi connectivity index (χ1n) is 5.74. The van der Waals surface area contributed by atoms with Crippen molar-refractivity contribution in [2.45, 2.75) is 0 Å². The quantitative estimate of drug-likeness (QED) is 0.576. The number of nitrogens with two attached hydrogens (primary N) is 1. The van der Waals surface area contributed by atoms with Crippen LogP contribution in [-0.4, -0.2) is 14.3 Å². The summed E-state index contributed by atoms with van der Waals surface area (Å²) in [6.07, 6.45) is 1.83. The number of nitrogen functional groups attached to an aromatic ring is 1. The number of nitrogens with zero attached hydrogens (tertiary/aromatic N) is 3. The molecule has 1 aromatic carbocycles. The second-order valence-electron chi connectivity index (χ2n) is 4.23. The maximum absolute atomic E-state index is 10.6. The number of halogens is 1. The fourth-order valence-corrected chi connectivity index (χ4v) is 2.33. The number of non-ortho nitro benzene ring substituents is 1. The molecule has 0 saturated heterocycles. The lowest BCUT2D eigenvalue weighted by atomic mass is 10.1. The number of nitro benzene ring substituents is 1. The van der Waals surface area contributed by atoms with Crippen LogP contribution in [0.5, 0.6) is 0 Å². The Morgan fingerprint density at radius 2 is 1.90 bits per heavy atom. The van der Waals surface area contributed by atoms with E-state index in [1.54, 1.807) is 16.5 Å². The molecular formula is C13H9BrN4O2. The summed E-state index contributed by atoms with van der Waals surface area (Å²) in [5, 5.41) is 10.6. The lowest BCUT2D eigenvalue weighted by molar-refractivity contribution is -0.384. The third kappa shape index (κ3) is 2.01. The summed E-state index contributed by atoms with van der Waals surface area (Å²) >= 11 is 3.38. The Kier molecular flexibility index (Phi) is 2.90. The van der Waals surface area contributed by atoms with E-state index >= 15 is 0 Å². The number of nitro groups is 1. The summed E-state index contributed by atoms with van der Waals surface area (Å²) < 4.78 is 2.66. The number of anilines is 1. The minimum Gasteiger partial charge on any atom is -0.383 e. The van der Waals surface area contributed by atoms with E-state index in [-0.39, 0.29) is 5.69 Å². The molecule has 0 atom stereocenters. The van der Waals surface area contributed by atoms with Crippen molar-refractivity contribution in [1.82, 2.24) is 9.38 Å². The zero-order valence-electron chi connectivity index (χ0n) is 10.2. The van der Waals surface area contributed by atoms with Crippen LogP contribution in [-0.2, 0) is 0 Å². The third-order valence-corrected chi connectivity index (χ3v) is 3.44. The van der Waals surface area contributed by atoms with Gasteiger partial charge in [-0.1, -0.05) is 0 Å². The van der Waals surface area contributed by atoms with E-state index in [2.05, 4.69) is 20.9 Å². The highest BCUT2D eigenvalue weighted by atomic mass is 79.9. The zero-order valence-corrected chi connectivity index (χ0v) is 11.7. The molecule has 6 nitrogen and oxygen atoms in total. The third-order valence-electron chi connectivity index (χ3n) is 2.97. The summed E-state index contributed by atoms with van der Waals surface area (Å²) in [6, 6.07) is 9.89. The number of benzene rings is 1. The van der Waals surface area contributed by atoms with E-state index in [9.17, 15) is 10.1 Å². The lowest BCUT2D eigenvalue weighted by Crippen LogP contribution is -1.94. The molecule has 0 radical (unpaired) electrons. The molecule has 0 aliphatic rings. The van der Waals surface area contributed by atoms with Crippen molar-refractivity contribution in [3.8, 4) is 11.3 Å². The van der Waals surface area contributed by atoms with Gasteiger partial charge < -0.3 is 5.73 Å². The minimum absolute atomic E-state index is 0.0406. The first-order valence-corrected chi connectivity index (χ1v) is 6.53. The molecule has 0 amide bonds. The first kappa shape index (κ1) is 12.6. The number of fused-ring (bicyclic) bond motifs is 1. The van der Waals surface area contributed by atoms with Crippen molar-refractivity contribution in [2.24, 2.45) is 0 Å². The molecule has 2 N–H and O–H groups in total. The molecule has 0 unspecified atom stereocenters. The van der Waals surface area contributed by atoms with Crippen molar-refractivity contribution in [1.29, 1.82) is 0 Å². The van der Waals surface area contributed by atoms with Crippen LogP contribution in [0.1, 0.15) is 0 Å². The topological polar surface area (TPSA) is 86.5 Å². The minimum atomic E-state index is -0.437. The Morgan fingerprint density at radius 1 is 1.20 bits per heavy atom. The first-order chi connectivity index (χ1) is 9.56. The van der Waals surface area contributed by atoms with Gasteiger partial charge in [-0.15, -0.1) is 0 Å². The normalized spacial score (nSPS) is 10.8. The number of aromatic nitrogens is 2. The predicted molar refractivity (Wildman–Crippen MR) is 79.4 cm³/mol. The summed E-state index contributed by atoms with van der Waals surface area (Å²) in [5.41, 5.74) is 8.20. The molecule has 2 aromatic heterocycles. The van der Waals surface area contributed by atoms with Gasteiger partial charge >= 0.3 is 0 Å². The summed E-state index contributed by atoms with van der Waals surface area (Å²) in [6.45, 7) is 0. The maximum atomic E-state index is 10.6. The van der Waals surface area contributed by atoms with Crippen LogP contribution in [0.25, 0.3) is 16.9 Å². The highest BCUT2D eigenvalue weighted by molar-refractivity contribution is 9.10. The Bertz CT molecular complexity index is 811. The van der Waals surface area contributed by atoms with Gasteiger partial charge in [-0.3, -0.25) is 14.5 Å². The summed E-state index contributed by atoms with van der Waals surface area (Å²) in [7, 11) is 0. The van der Waals surface area contributed by atoms with Gasteiger partial charge in [0.2, 0.25) is 0 Å². The summed E-state index contributed by atoms with van der Waals surface area (Å²) in [4.78, 5) is 14.7. The van der Waals surface area contributed by atoms with E-state index in [4.69, 9.17) is 5.73 Å². The number of hydrogen-bond acceptors (Lipinski definition) is 4. The van der Waals surface area contributed by atoms with Crippen molar-refractivity contribution < 1.29 is 4.92 Å². The van der Waals surface area contributed by atoms with Gasteiger partial charge in [0.15, 0.2) is 0 Å². The average molecular weight is 333 g/mol. The molecule has 0 fully saturated rings. The predicted octanol–water partition coefficient (Wildman–Crippen LogP) is 3.25. The van der Waals surface area contributed by atoms with Gasteiger partial charge in [0.1, 0.15) is 17.2 Å². The lowest BCUT2D eigenvalue weighted by Gasteiger charge is -1.99. The van der Waals surface area contributed by atoms with Crippen molar-refractivity contribution in [3.63, 3.8) is 0 Å². The second-order valence-corrected chi connectivity index (χ2v) is 5.14. The molecule has 20 heavy (non-hydrogen) atoms. The monoisotopic (exact) mass is 332 g/mol. The van der Waals surface area contributed by atoms with Gasteiger partial charge in [0.25, 0.3) is 5.69 Å². The molecule has 100 valence electrons. The Hall–Kier alpha value is -2.41. The molecule has 2 heterocycles. The van der Waals surface area contributed by atoms with E-state index < -0.39 is 4.92 Å². The van der Waals surface area contributed by atoms with Crippen LogP contribution >= 0.6 is 15.9 Å². The van der Waals surface area contributed by atoms with Crippen LogP contribution in [0.15, 0.2) is 47.1 Å². The van der Waals surface area contributed by atoms with Crippen LogP contribution < -0.4 is 5.73 Å². The van der Waals surface area contributed by atoms with Crippen LogP contribution in [0.3, 0.4) is 0 Å². The fraction of sp³-hybridized carbons (Fsp3) is 0. The van der Waals surface area contributed by atoms with E-state index in [1.807, 2.05) is 18.3 Å². The fourth-order valence-electron chi connectivity index (χ4n) is 1.99. The van der Waals surface area contributed by atoms with E-state index in [0.29, 0.717) is 11.5 Å². The van der Waals surface area contributed by atoms with Gasteiger partial charge in [0.05, 0.1) is 4.92 Å². The number of pyridine rings is 1. The highest BCUT2D eigenvalue weighted by Crippen LogP contribution is 2.28. The van der Waals surface area contributed by atoms with Crippen LogP contribution in [0, 0.1) is 10.1 Å². The average Bonchev–Trinajstić information content (AvgIpc) is 2.76. The Balaban J connectivity index is 2.14. The maximum Gasteiger partial charge on any atom is 0.269 e.